The van der Waals surface area contributed by atoms with Crippen molar-refractivity contribution in [3.63, 3.8) is 0 Å². The molecule has 0 aliphatic heterocycles. The summed E-state index contributed by atoms with van der Waals surface area (Å²) in [5, 5.41) is 0. The van der Waals surface area contributed by atoms with Crippen molar-refractivity contribution in [1.82, 2.24) is 9.97 Å². The first kappa shape index (κ1) is 13.3. The highest BCUT2D eigenvalue weighted by Crippen LogP contribution is 2.33. The summed E-state index contributed by atoms with van der Waals surface area (Å²) in [6.45, 7) is 3.07. The van der Waals surface area contributed by atoms with Crippen molar-refractivity contribution in [2.24, 2.45) is 0 Å². The molecule has 19 heavy (non-hydrogen) atoms. The molecule has 0 unspecified atom stereocenters. The monoisotopic (exact) mass is 268 g/mol. The standard InChI is InChI=1S/C13H11F3N2O/c1-7-5-9(3-4-10(7)13(14,15)16)11-6-8(2)17-12(19)18-11/h3-6H,1-2H3,(H,17,18,19). The lowest BCUT2D eigenvalue weighted by molar-refractivity contribution is -0.138. The smallest absolute Gasteiger partial charge is 0.310 e. The molecule has 0 fully saturated rings. The number of aromatic nitrogens is 2. The van der Waals surface area contributed by atoms with E-state index in [0.717, 1.165) is 6.07 Å². The summed E-state index contributed by atoms with van der Waals surface area (Å²) >= 11 is 0. The van der Waals surface area contributed by atoms with Gasteiger partial charge in [0.2, 0.25) is 0 Å². The van der Waals surface area contributed by atoms with Gasteiger partial charge in [0.15, 0.2) is 0 Å². The van der Waals surface area contributed by atoms with Crippen LogP contribution in [0.3, 0.4) is 0 Å². The maximum Gasteiger partial charge on any atom is 0.416 e. The Morgan fingerprint density at radius 2 is 1.84 bits per heavy atom. The summed E-state index contributed by atoms with van der Waals surface area (Å²) in [6, 6.07) is 5.31. The maximum absolute atomic E-state index is 12.6. The first-order chi connectivity index (χ1) is 8.77. The number of hydrogen-bond donors (Lipinski definition) is 1. The van der Waals surface area contributed by atoms with Gasteiger partial charge in [-0.25, -0.2) is 4.79 Å². The van der Waals surface area contributed by atoms with E-state index in [4.69, 9.17) is 0 Å². The third kappa shape index (κ3) is 2.83. The van der Waals surface area contributed by atoms with Gasteiger partial charge in [-0.1, -0.05) is 6.07 Å². The van der Waals surface area contributed by atoms with E-state index in [1.807, 2.05) is 0 Å². The number of halogens is 3. The van der Waals surface area contributed by atoms with Crippen molar-refractivity contribution in [1.29, 1.82) is 0 Å². The second-order valence-corrected chi connectivity index (χ2v) is 4.28. The number of nitrogens with one attached hydrogen (secondary N) is 1. The normalized spacial score (nSPS) is 11.6. The zero-order valence-corrected chi connectivity index (χ0v) is 10.3. The van der Waals surface area contributed by atoms with E-state index < -0.39 is 17.4 Å². The Kier molecular flexibility index (Phi) is 3.18. The number of hydrogen-bond acceptors (Lipinski definition) is 2. The Hall–Kier alpha value is -2.11. The van der Waals surface area contributed by atoms with Crippen LogP contribution in [0.1, 0.15) is 16.8 Å². The molecule has 2 aromatic rings. The first-order valence-electron chi connectivity index (χ1n) is 5.53. The molecule has 1 N–H and O–H groups in total. The third-order valence-electron chi connectivity index (χ3n) is 2.71. The van der Waals surface area contributed by atoms with Gasteiger partial charge in [0, 0.05) is 11.3 Å². The molecule has 1 heterocycles. The second kappa shape index (κ2) is 4.53. The van der Waals surface area contributed by atoms with Crippen molar-refractivity contribution in [3.05, 3.63) is 51.6 Å². The molecule has 0 radical (unpaired) electrons. The predicted octanol–water partition coefficient (Wildman–Crippen LogP) is 3.07. The summed E-state index contributed by atoms with van der Waals surface area (Å²) < 4.78 is 37.9. The fourth-order valence-electron chi connectivity index (χ4n) is 1.87. The molecular formula is C13H11F3N2O. The number of alkyl halides is 3. The molecule has 0 bridgehead atoms. The van der Waals surface area contributed by atoms with Crippen molar-refractivity contribution >= 4 is 0 Å². The van der Waals surface area contributed by atoms with Crippen LogP contribution in [-0.2, 0) is 6.18 Å². The van der Waals surface area contributed by atoms with Crippen LogP contribution in [0.15, 0.2) is 29.1 Å². The van der Waals surface area contributed by atoms with E-state index >= 15 is 0 Å². The second-order valence-electron chi connectivity index (χ2n) is 4.28. The van der Waals surface area contributed by atoms with Crippen LogP contribution in [0.4, 0.5) is 13.2 Å². The molecule has 0 aliphatic carbocycles. The summed E-state index contributed by atoms with van der Waals surface area (Å²) in [5.74, 6) is 0. The van der Waals surface area contributed by atoms with Gasteiger partial charge in [-0.05, 0) is 37.6 Å². The minimum absolute atomic E-state index is 0.102. The van der Waals surface area contributed by atoms with E-state index in [1.54, 1.807) is 13.0 Å². The molecule has 3 nitrogen and oxygen atoms in total. The molecule has 0 amide bonds. The van der Waals surface area contributed by atoms with Gasteiger partial charge < -0.3 is 4.98 Å². The molecule has 100 valence electrons. The maximum atomic E-state index is 12.6. The Balaban J connectivity index is 2.53. The van der Waals surface area contributed by atoms with Crippen LogP contribution in [0.2, 0.25) is 0 Å². The van der Waals surface area contributed by atoms with Gasteiger partial charge in [-0.15, -0.1) is 0 Å². The molecule has 0 atom stereocenters. The average Bonchev–Trinajstić information content (AvgIpc) is 2.25. The molecule has 0 aliphatic rings. The highest BCUT2D eigenvalue weighted by Gasteiger charge is 2.32. The Bertz CT molecular complexity index is 674. The fourth-order valence-corrected chi connectivity index (χ4v) is 1.87. The van der Waals surface area contributed by atoms with Gasteiger partial charge in [-0.2, -0.15) is 18.2 Å². The van der Waals surface area contributed by atoms with Crippen LogP contribution in [0.25, 0.3) is 11.3 Å². The minimum atomic E-state index is -4.37. The van der Waals surface area contributed by atoms with E-state index in [-0.39, 0.29) is 5.56 Å². The molecule has 0 saturated heterocycles. The van der Waals surface area contributed by atoms with E-state index in [2.05, 4.69) is 9.97 Å². The quantitative estimate of drug-likeness (QED) is 0.863. The van der Waals surface area contributed by atoms with Gasteiger partial charge in [0.25, 0.3) is 0 Å². The van der Waals surface area contributed by atoms with Crippen LogP contribution in [-0.4, -0.2) is 9.97 Å². The third-order valence-corrected chi connectivity index (χ3v) is 2.71. The minimum Gasteiger partial charge on any atom is -0.310 e. The Morgan fingerprint density at radius 3 is 2.37 bits per heavy atom. The molecule has 2 rings (SSSR count). The lowest BCUT2D eigenvalue weighted by Gasteiger charge is -2.11. The molecule has 6 heteroatoms. The first-order valence-corrected chi connectivity index (χ1v) is 5.53. The van der Waals surface area contributed by atoms with Gasteiger partial charge in [-0.3, -0.25) is 0 Å². The zero-order valence-electron chi connectivity index (χ0n) is 10.3. The lowest BCUT2D eigenvalue weighted by atomic mass is 10.0. The molecular weight excluding hydrogens is 257 g/mol. The number of H-pyrrole nitrogens is 1. The number of aromatic amines is 1. The molecule has 1 aromatic heterocycles. The highest BCUT2D eigenvalue weighted by molar-refractivity contribution is 5.61. The average molecular weight is 268 g/mol. The number of rotatable bonds is 1. The number of benzene rings is 1. The van der Waals surface area contributed by atoms with Crippen LogP contribution in [0, 0.1) is 13.8 Å². The van der Waals surface area contributed by atoms with Gasteiger partial charge in [0.1, 0.15) is 0 Å². The fraction of sp³-hybridized carbons (Fsp3) is 0.231. The van der Waals surface area contributed by atoms with E-state index in [9.17, 15) is 18.0 Å². The van der Waals surface area contributed by atoms with Crippen LogP contribution < -0.4 is 5.69 Å². The molecule has 0 saturated carbocycles. The predicted molar refractivity (Wildman–Crippen MR) is 64.8 cm³/mol. The summed E-state index contributed by atoms with van der Waals surface area (Å²) in [4.78, 5) is 17.5. The highest BCUT2D eigenvalue weighted by atomic mass is 19.4. The van der Waals surface area contributed by atoms with E-state index in [0.29, 0.717) is 17.0 Å². The number of nitrogens with zero attached hydrogens (tertiary/aromatic N) is 1. The Labute approximate surface area is 107 Å². The topological polar surface area (TPSA) is 45.8 Å². The van der Waals surface area contributed by atoms with Gasteiger partial charge >= 0.3 is 11.9 Å². The molecule has 1 aromatic carbocycles. The van der Waals surface area contributed by atoms with Crippen molar-refractivity contribution in [3.8, 4) is 11.3 Å². The number of aryl methyl sites for hydroxylation is 2. The van der Waals surface area contributed by atoms with E-state index in [1.165, 1.54) is 19.1 Å². The van der Waals surface area contributed by atoms with Crippen molar-refractivity contribution < 1.29 is 13.2 Å². The summed E-state index contributed by atoms with van der Waals surface area (Å²) in [5.41, 5.74) is 0.348. The summed E-state index contributed by atoms with van der Waals surface area (Å²) in [7, 11) is 0. The largest absolute Gasteiger partial charge is 0.416 e. The Morgan fingerprint density at radius 1 is 1.16 bits per heavy atom. The molecule has 0 spiro atoms. The zero-order chi connectivity index (χ0) is 14.2. The lowest BCUT2D eigenvalue weighted by Crippen LogP contribution is -2.12. The van der Waals surface area contributed by atoms with Gasteiger partial charge in [0.05, 0.1) is 11.3 Å². The van der Waals surface area contributed by atoms with Crippen molar-refractivity contribution in [2.45, 2.75) is 20.0 Å². The SMILES string of the molecule is Cc1cc(-c2ccc(C(F)(F)F)c(C)c2)nc(=O)[nH]1. The van der Waals surface area contributed by atoms with Crippen molar-refractivity contribution in [2.75, 3.05) is 0 Å². The summed E-state index contributed by atoms with van der Waals surface area (Å²) in [6.07, 6.45) is -4.37. The van der Waals surface area contributed by atoms with Crippen LogP contribution in [0.5, 0.6) is 0 Å². The van der Waals surface area contributed by atoms with Crippen LogP contribution >= 0.6 is 0 Å².